The molecule has 2 nitrogen and oxygen atoms in total. The van der Waals surface area contributed by atoms with Gasteiger partial charge in [0.2, 0.25) is 8.32 Å². The van der Waals surface area contributed by atoms with Gasteiger partial charge in [0.1, 0.15) is 0 Å². The first-order valence-electron chi connectivity index (χ1n) is 10.7. The van der Waals surface area contributed by atoms with Crippen LogP contribution in [0.3, 0.4) is 0 Å². The molecule has 0 aromatic carbocycles. The van der Waals surface area contributed by atoms with Gasteiger partial charge in [-0.05, 0) is 54.0 Å². The summed E-state index contributed by atoms with van der Waals surface area (Å²) in [6.45, 7) is 26.0. The molecule has 1 rings (SSSR count). The van der Waals surface area contributed by atoms with Crippen LogP contribution < -0.4 is 0 Å². The maximum atomic E-state index is 7.10. The van der Waals surface area contributed by atoms with Crippen LogP contribution in [-0.4, -0.2) is 28.8 Å². The summed E-state index contributed by atoms with van der Waals surface area (Å²) in [6, 6.07) is 0. The van der Waals surface area contributed by atoms with E-state index in [2.05, 4.69) is 87.6 Å². The SMILES string of the molecule is CC(C)[Si](O[C@@H]1CC=CC[C@@H](O[Si](C)(C)C(C)(C)C)C1)(C(C)C)C(C)C. The normalized spacial score (nSPS) is 23.2. The summed E-state index contributed by atoms with van der Waals surface area (Å²) in [4.78, 5) is 0. The molecule has 0 fully saturated rings. The molecule has 4 heteroatoms. The third kappa shape index (κ3) is 5.56. The van der Waals surface area contributed by atoms with Crippen LogP contribution in [0.2, 0.25) is 34.8 Å². The standard InChI is InChI=1S/C22H46O2Si2/c1-17(2)26(18(3)4,19(5)6)24-21-15-13-12-14-20(16-21)23-25(10,11)22(7,8)9/h12-13,17-21H,14-16H2,1-11H3/t20-,21-/m1/s1. The molecule has 0 N–H and O–H groups in total. The minimum atomic E-state index is -1.84. The Hall–Kier alpha value is 0.0938. The number of rotatable bonds is 7. The van der Waals surface area contributed by atoms with Crippen molar-refractivity contribution in [2.45, 2.75) is 129 Å². The summed E-state index contributed by atoms with van der Waals surface area (Å²) in [5.41, 5.74) is 1.90. The summed E-state index contributed by atoms with van der Waals surface area (Å²) >= 11 is 0. The molecule has 0 saturated heterocycles. The van der Waals surface area contributed by atoms with E-state index in [9.17, 15) is 0 Å². The van der Waals surface area contributed by atoms with Crippen LogP contribution in [0, 0.1) is 0 Å². The van der Waals surface area contributed by atoms with Crippen LogP contribution in [0.15, 0.2) is 12.2 Å². The van der Waals surface area contributed by atoms with Crippen molar-refractivity contribution >= 4 is 16.6 Å². The van der Waals surface area contributed by atoms with E-state index in [1.165, 1.54) is 0 Å². The largest absolute Gasteiger partial charge is 0.414 e. The molecule has 0 aliphatic heterocycles. The topological polar surface area (TPSA) is 18.5 Å². The Morgan fingerprint density at radius 1 is 0.769 bits per heavy atom. The predicted octanol–water partition coefficient (Wildman–Crippen LogP) is 7.68. The summed E-state index contributed by atoms with van der Waals surface area (Å²) < 4.78 is 13.9. The van der Waals surface area contributed by atoms with Gasteiger partial charge in [-0.2, -0.15) is 0 Å². The van der Waals surface area contributed by atoms with Crippen molar-refractivity contribution in [1.29, 1.82) is 0 Å². The van der Waals surface area contributed by atoms with Crippen molar-refractivity contribution < 1.29 is 8.85 Å². The first-order chi connectivity index (χ1) is 11.7. The average Bonchev–Trinajstić information content (AvgIpc) is 2.66. The first kappa shape index (κ1) is 24.1. The van der Waals surface area contributed by atoms with Crippen LogP contribution in [0.25, 0.3) is 0 Å². The molecule has 26 heavy (non-hydrogen) atoms. The highest BCUT2D eigenvalue weighted by molar-refractivity contribution is 6.77. The van der Waals surface area contributed by atoms with Crippen LogP contribution >= 0.6 is 0 Å². The second-order valence-corrected chi connectivity index (χ2v) is 20.9. The monoisotopic (exact) mass is 398 g/mol. The highest BCUT2D eigenvalue weighted by Crippen LogP contribution is 2.44. The Morgan fingerprint density at radius 2 is 1.15 bits per heavy atom. The smallest absolute Gasteiger partial charge is 0.200 e. The Bertz CT molecular complexity index is 439. The van der Waals surface area contributed by atoms with Gasteiger partial charge in [-0.15, -0.1) is 0 Å². The van der Waals surface area contributed by atoms with Gasteiger partial charge in [0.25, 0.3) is 0 Å². The fraction of sp³-hybridized carbons (Fsp3) is 0.909. The van der Waals surface area contributed by atoms with Gasteiger partial charge < -0.3 is 8.85 Å². The first-order valence-corrected chi connectivity index (χ1v) is 15.8. The maximum Gasteiger partial charge on any atom is 0.200 e. The Morgan fingerprint density at radius 3 is 1.50 bits per heavy atom. The summed E-state index contributed by atoms with van der Waals surface area (Å²) in [6.07, 6.45) is 8.38. The van der Waals surface area contributed by atoms with Crippen molar-refractivity contribution in [2.75, 3.05) is 0 Å². The fourth-order valence-corrected chi connectivity index (χ4v) is 11.4. The highest BCUT2D eigenvalue weighted by atomic mass is 28.4. The Kier molecular flexibility index (Phi) is 8.41. The molecule has 0 bridgehead atoms. The zero-order valence-electron chi connectivity index (χ0n) is 19.5. The third-order valence-corrected chi connectivity index (χ3v) is 17.5. The van der Waals surface area contributed by atoms with Crippen LogP contribution in [0.5, 0.6) is 0 Å². The summed E-state index contributed by atoms with van der Waals surface area (Å²) in [7, 11) is -3.59. The van der Waals surface area contributed by atoms with Gasteiger partial charge in [-0.25, -0.2) is 0 Å². The lowest BCUT2D eigenvalue weighted by molar-refractivity contribution is 0.0958. The second kappa shape index (κ2) is 9.06. The lowest BCUT2D eigenvalue weighted by atomic mass is 10.1. The molecule has 0 aromatic heterocycles. The van der Waals surface area contributed by atoms with Crippen LogP contribution in [0.4, 0.5) is 0 Å². The van der Waals surface area contributed by atoms with E-state index < -0.39 is 16.6 Å². The number of hydrogen-bond donors (Lipinski definition) is 0. The van der Waals surface area contributed by atoms with E-state index in [1.807, 2.05) is 0 Å². The molecule has 1 aliphatic carbocycles. The van der Waals surface area contributed by atoms with Crippen molar-refractivity contribution in [1.82, 2.24) is 0 Å². The molecule has 2 atom stereocenters. The molecule has 1 aliphatic rings. The van der Waals surface area contributed by atoms with E-state index in [0.29, 0.717) is 28.8 Å². The zero-order chi connectivity index (χ0) is 20.3. The molecule has 0 saturated carbocycles. The Labute approximate surface area is 166 Å². The van der Waals surface area contributed by atoms with E-state index in [-0.39, 0.29) is 5.04 Å². The van der Waals surface area contributed by atoms with Gasteiger partial charge in [0, 0.05) is 0 Å². The summed E-state index contributed by atoms with van der Waals surface area (Å²) in [5.74, 6) is 0. The molecule has 154 valence electrons. The van der Waals surface area contributed by atoms with Gasteiger partial charge in [-0.1, -0.05) is 74.5 Å². The van der Waals surface area contributed by atoms with Crippen molar-refractivity contribution in [3.63, 3.8) is 0 Å². The van der Waals surface area contributed by atoms with Gasteiger partial charge in [0.05, 0.1) is 12.2 Å². The van der Waals surface area contributed by atoms with Crippen molar-refractivity contribution in [2.24, 2.45) is 0 Å². The van der Waals surface area contributed by atoms with Crippen LogP contribution in [0.1, 0.15) is 81.6 Å². The zero-order valence-corrected chi connectivity index (χ0v) is 21.5. The minimum absolute atomic E-state index is 0.256. The third-order valence-electron chi connectivity index (χ3n) is 6.84. The highest BCUT2D eigenvalue weighted by Gasteiger charge is 2.47. The fourth-order valence-electron chi connectivity index (χ4n) is 4.46. The van der Waals surface area contributed by atoms with Crippen molar-refractivity contribution in [3.05, 3.63) is 12.2 Å². The summed E-state index contributed by atoms with van der Waals surface area (Å²) in [5, 5.41) is 0.256. The van der Waals surface area contributed by atoms with Gasteiger partial charge >= 0.3 is 0 Å². The minimum Gasteiger partial charge on any atom is -0.414 e. The molecule has 0 heterocycles. The van der Waals surface area contributed by atoms with Gasteiger partial charge in [-0.3, -0.25) is 0 Å². The molecular formula is C22H46O2Si2. The molecule has 0 radical (unpaired) electrons. The van der Waals surface area contributed by atoms with E-state index in [1.54, 1.807) is 0 Å². The lowest BCUT2D eigenvalue weighted by Crippen LogP contribution is -2.51. The van der Waals surface area contributed by atoms with E-state index in [4.69, 9.17) is 8.85 Å². The lowest BCUT2D eigenvalue weighted by Gasteiger charge is -2.45. The number of hydrogen-bond acceptors (Lipinski definition) is 2. The molecular weight excluding hydrogens is 352 g/mol. The quantitative estimate of drug-likeness (QED) is 0.323. The van der Waals surface area contributed by atoms with Crippen LogP contribution in [-0.2, 0) is 8.85 Å². The van der Waals surface area contributed by atoms with E-state index in [0.717, 1.165) is 19.3 Å². The molecule has 0 unspecified atom stereocenters. The Balaban J connectivity index is 2.98. The average molecular weight is 399 g/mol. The predicted molar refractivity (Wildman–Crippen MR) is 121 cm³/mol. The van der Waals surface area contributed by atoms with Gasteiger partial charge in [0.15, 0.2) is 8.32 Å². The maximum absolute atomic E-state index is 7.10. The van der Waals surface area contributed by atoms with E-state index >= 15 is 0 Å². The molecule has 0 amide bonds. The molecule has 0 aromatic rings. The molecule has 0 spiro atoms. The van der Waals surface area contributed by atoms with Crippen molar-refractivity contribution in [3.8, 4) is 0 Å². The second-order valence-electron chi connectivity index (χ2n) is 10.7.